The summed E-state index contributed by atoms with van der Waals surface area (Å²) in [5.41, 5.74) is 1.52. The van der Waals surface area contributed by atoms with Crippen LogP contribution in [0.1, 0.15) is 11.1 Å². The van der Waals surface area contributed by atoms with Crippen LogP contribution >= 0.6 is 11.6 Å². The van der Waals surface area contributed by atoms with E-state index in [-0.39, 0.29) is 36.1 Å². The summed E-state index contributed by atoms with van der Waals surface area (Å²) in [4.78, 5) is 14.4. The summed E-state index contributed by atoms with van der Waals surface area (Å²) in [7, 11) is -0.614. The molecular weight excluding hydrogens is 428 g/mol. The lowest BCUT2D eigenvalue weighted by atomic mass is 10.1. The highest BCUT2D eigenvalue weighted by Gasteiger charge is 2.29. The third kappa shape index (κ3) is 5.31. The Labute approximate surface area is 182 Å². The van der Waals surface area contributed by atoms with Gasteiger partial charge in [0.15, 0.2) is 0 Å². The number of benzene rings is 2. The molecule has 1 fully saturated rings. The van der Waals surface area contributed by atoms with Gasteiger partial charge in [-0.1, -0.05) is 29.8 Å². The summed E-state index contributed by atoms with van der Waals surface area (Å²) in [6.07, 6.45) is 0.0761. The van der Waals surface area contributed by atoms with Crippen molar-refractivity contribution in [1.82, 2.24) is 9.21 Å². The van der Waals surface area contributed by atoms with Crippen molar-refractivity contribution in [3.63, 3.8) is 0 Å². The molecule has 1 heterocycles. The normalized spacial score (nSPS) is 15.0. The number of rotatable bonds is 7. The lowest BCUT2D eigenvalue weighted by Crippen LogP contribution is -2.40. The molecule has 0 bridgehead atoms. The van der Waals surface area contributed by atoms with Crippen LogP contribution in [0.3, 0.4) is 0 Å². The van der Waals surface area contributed by atoms with Crippen LogP contribution in [0.2, 0.25) is 5.02 Å². The van der Waals surface area contributed by atoms with Crippen molar-refractivity contribution in [3.8, 4) is 5.75 Å². The number of carbonyl (C=O) groups excluding carboxylic acids is 1. The van der Waals surface area contributed by atoms with E-state index in [4.69, 9.17) is 21.1 Å². The smallest absolute Gasteiger partial charge is 0.246 e. The van der Waals surface area contributed by atoms with Crippen LogP contribution in [0, 0.1) is 0 Å². The molecular formula is C21H25ClN2O5S. The van der Waals surface area contributed by atoms with Crippen LogP contribution in [-0.4, -0.2) is 64.0 Å². The number of carbonyl (C=O) groups is 1. The zero-order chi connectivity index (χ0) is 21.7. The summed E-state index contributed by atoms with van der Waals surface area (Å²) in [5, 5.41) is 0.612. The quantitative estimate of drug-likeness (QED) is 0.645. The van der Waals surface area contributed by atoms with E-state index in [1.807, 2.05) is 18.2 Å². The highest BCUT2D eigenvalue weighted by molar-refractivity contribution is 7.89. The van der Waals surface area contributed by atoms with Gasteiger partial charge in [0.2, 0.25) is 15.9 Å². The van der Waals surface area contributed by atoms with E-state index < -0.39 is 10.0 Å². The van der Waals surface area contributed by atoms with Crippen molar-refractivity contribution in [1.29, 1.82) is 0 Å². The number of amides is 1. The third-order valence-corrected chi connectivity index (χ3v) is 7.06. The van der Waals surface area contributed by atoms with Crippen molar-refractivity contribution < 1.29 is 22.7 Å². The number of nitrogens with zero attached hydrogens (tertiary/aromatic N) is 2. The van der Waals surface area contributed by atoms with E-state index in [1.54, 1.807) is 30.1 Å². The number of ether oxygens (including phenoxy) is 2. The molecule has 0 radical (unpaired) electrons. The topological polar surface area (TPSA) is 76.2 Å². The van der Waals surface area contributed by atoms with Gasteiger partial charge in [0.25, 0.3) is 0 Å². The molecule has 9 heteroatoms. The minimum atomic E-state index is -3.75. The van der Waals surface area contributed by atoms with Crippen molar-refractivity contribution in [2.75, 3.05) is 40.5 Å². The summed E-state index contributed by atoms with van der Waals surface area (Å²) in [6.45, 7) is 1.70. The molecule has 0 aliphatic carbocycles. The standard InChI is InChI=1S/C21H25ClN2O5S/c1-23(15-17-4-3-5-18(22)12-17)21(25)14-16-6-7-19(28-2)20(13-16)30(26,27)24-8-10-29-11-9-24/h3-7,12-13H,8-11,14-15H2,1-2H3. The average molecular weight is 453 g/mol. The molecule has 1 aliphatic rings. The van der Waals surface area contributed by atoms with Crippen LogP contribution in [0.5, 0.6) is 5.75 Å². The molecule has 2 aromatic carbocycles. The number of likely N-dealkylation sites (N-methyl/N-ethyl adjacent to an activating group) is 1. The highest BCUT2D eigenvalue weighted by atomic mass is 35.5. The van der Waals surface area contributed by atoms with Gasteiger partial charge in [0, 0.05) is 31.7 Å². The Morgan fingerprint density at radius 1 is 1.17 bits per heavy atom. The number of morpholine rings is 1. The number of hydrogen-bond acceptors (Lipinski definition) is 5. The van der Waals surface area contributed by atoms with Gasteiger partial charge < -0.3 is 14.4 Å². The van der Waals surface area contributed by atoms with Crippen LogP contribution in [0.25, 0.3) is 0 Å². The molecule has 1 aliphatic heterocycles. The fourth-order valence-corrected chi connectivity index (χ4v) is 5.09. The first-order chi connectivity index (χ1) is 14.3. The van der Waals surface area contributed by atoms with E-state index in [0.717, 1.165) is 5.56 Å². The number of sulfonamides is 1. The SMILES string of the molecule is COc1ccc(CC(=O)N(C)Cc2cccc(Cl)c2)cc1S(=O)(=O)N1CCOCC1. The molecule has 2 aromatic rings. The molecule has 7 nitrogen and oxygen atoms in total. The Balaban J connectivity index is 1.78. The first-order valence-corrected chi connectivity index (χ1v) is 11.4. The number of methoxy groups -OCH3 is 1. The fourth-order valence-electron chi connectivity index (χ4n) is 3.27. The van der Waals surface area contributed by atoms with Crippen molar-refractivity contribution in [2.24, 2.45) is 0 Å². The molecule has 0 aromatic heterocycles. The molecule has 0 spiro atoms. The first-order valence-electron chi connectivity index (χ1n) is 9.54. The molecule has 0 unspecified atom stereocenters. The largest absolute Gasteiger partial charge is 0.495 e. The fraction of sp³-hybridized carbons (Fsp3) is 0.381. The van der Waals surface area contributed by atoms with E-state index in [0.29, 0.717) is 30.3 Å². The van der Waals surface area contributed by atoms with Gasteiger partial charge in [-0.3, -0.25) is 4.79 Å². The average Bonchev–Trinajstić information content (AvgIpc) is 2.74. The monoisotopic (exact) mass is 452 g/mol. The van der Waals surface area contributed by atoms with Gasteiger partial charge in [-0.2, -0.15) is 4.31 Å². The summed E-state index contributed by atoms with van der Waals surface area (Å²) >= 11 is 6.01. The predicted octanol–water partition coefficient (Wildman–Crippen LogP) is 2.57. The summed E-state index contributed by atoms with van der Waals surface area (Å²) in [5.74, 6) is 0.125. The van der Waals surface area contributed by atoms with E-state index in [9.17, 15) is 13.2 Å². The van der Waals surface area contributed by atoms with Gasteiger partial charge in [-0.25, -0.2) is 8.42 Å². The molecule has 1 saturated heterocycles. The van der Waals surface area contributed by atoms with Crippen LogP contribution in [0.4, 0.5) is 0 Å². The molecule has 1 amide bonds. The summed E-state index contributed by atoms with van der Waals surface area (Å²) in [6, 6.07) is 12.1. The maximum Gasteiger partial charge on any atom is 0.246 e. The van der Waals surface area contributed by atoms with Gasteiger partial charge in [0.1, 0.15) is 10.6 Å². The van der Waals surface area contributed by atoms with E-state index >= 15 is 0 Å². The van der Waals surface area contributed by atoms with E-state index in [2.05, 4.69) is 0 Å². The Hall–Kier alpha value is -2.13. The Morgan fingerprint density at radius 3 is 2.57 bits per heavy atom. The van der Waals surface area contributed by atoms with Gasteiger partial charge in [-0.05, 0) is 35.4 Å². The Bertz CT molecular complexity index is 1010. The second kappa shape index (κ2) is 9.78. The summed E-state index contributed by atoms with van der Waals surface area (Å²) < 4.78 is 38.1. The third-order valence-electron chi connectivity index (χ3n) is 4.91. The molecule has 0 saturated carbocycles. The van der Waals surface area contributed by atoms with Crippen LogP contribution in [-0.2, 0) is 32.5 Å². The van der Waals surface area contributed by atoms with Gasteiger partial charge in [-0.15, -0.1) is 0 Å². The second-order valence-corrected chi connectivity index (χ2v) is 9.40. The van der Waals surface area contributed by atoms with Crippen LogP contribution in [0.15, 0.2) is 47.4 Å². The van der Waals surface area contributed by atoms with Crippen molar-refractivity contribution in [2.45, 2.75) is 17.9 Å². The van der Waals surface area contributed by atoms with Crippen molar-refractivity contribution in [3.05, 3.63) is 58.6 Å². The van der Waals surface area contributed by atoms with Crippen LogP contribution < -0.4 is 4.74 Å². The maximum absolute atomic E-state index is 13.1. The lowest BCUT2D eigenvalue weighted by Gasteiger charge is -2.27. The predicted molar refractivity (Wildman–Crippen MR) is 114 cm³/mol. The highest BCUT2D eigenvalue weighted by Crippen LogP contribution is 2.28. The zero-order valence-corrected chi connectivity index (χ0v) is 18.6. The molecule has 0 atom stereocenters. The zero-order valence-electron chi connectivity index (χ0n) is 17.0. The van der Waals surface area contributed by atoms with Gasteiger partial charge in [0.05, 0.1) is 26.7 Å². The maximum atomic E-state index is 13.1. The lowest BCUT2D eigenvalue weighted by molar-refractivity contribution is -0.129. The molecule has 3 rings (SSSR count). The molecule has 162 valence electrons. The minimum Gasteiger partial charge on any atom is -0.495 e. The van der Waals surface area contributed by atoms with Crippen molar-refractivity contribution >= 4 is 27.5 Å². The van der Waals surface area contributed by atoms with E-state index in [1.165, 1.54) is 17.5 Å². The number of hydrogen-bond donors (Lipinski definition) is 0. The minimum absolute atomic E-state index is 0.0645. The number of halogens is 1. The van der Waals surface area contributed by atoms with Gasteiger partial charge >= 0.3 is 0 Å². The Kier molecular flexibility index (Phi) is 7.36. The second-order valence-electron chi connectivity index (χ2n) is 7.06. The first kappa shape index (κ1) is 22.6. The molecule has 30 heavy (non-hydrogen) atoms. The Morgan fingerprint density at radius 2 is 1.90 bits per heavy atom. The molecule has 0 N–H and O–H groups in total.